The number of carbonyl (C=O) groups is 2. The number of rotatable bonds is 11. The van der Waals surface area contributed by atoms with Crippen LogP contribution in [0.2, 0.25) is 0 Å². The Morgan fingerprint density at radius 2 is 1.31 bits per heavy atom. The summed E-state index contributed by atoms with van der Waals surface area (Å²) < 4.78 is 0. The summed E-state index contributed by atoms with van der Waals surface area (Å²) >= 11 is 0. The molecule has 0 fully saturated rings. The SMILES string of the molecule is NC(=O)N(CCCC(=O)NCc1ccccc1)CCC(c1ccccc1)c1ccccc1. The van der Waals surface area contributed by atoms with Gasteiger partial charge in [-0.3, -0.25) is 4.79 Å². The molecule has 0 heterocycles. The molecule has 0 atom stereocenters. The molecule has 0 saturated carbocycles. The van der Waals surface area contributed by atoms with E-state index in [2.05, 4.69) is 29.6 Å². The Morgan fingerprint density at radius 3 is 1.84 bits per heavy atom. The molecule has 3 rings (SSSR count). The van der Waals surface area contributed by atoms with Crippen LogP contribution in [0.3, 0.4) is 0 Å². The Morgan fingerprint density at radius 1 is 0.781 bits per heavy atom. The molecule has 0 bridgehead atoms. The molecule has 0 aliphatic carbocycles. The number of primary amides is 1. The van der Waals surface area contributed by atoms with Crippen LogP contribution in [-0.2, 0) is 11.3 Å². The van der Waals surface area contributed by atoms with Crippen molar-refractivity contribution in [2.45, 2.75) is 31.7 Å². The van der Waals surface area contributed by atoms with E-state index in [9.17, 15) is 9.59 Å². The Labute approximate surface area is 190 Å². The van der Waals surface area contributed by atoms with Crippen molar-refractivity contribution in [3.05, 3.63) is 108 Å². The van der Waals surface area contributed by atoms with Crippen molar-refractivity contribution in [3.63, 3.8) is 0 Å². The van der Waals surface area contributed by atoms with Crippen molar-refractivity contribution in [1.29, 1.82) is 0 Å². The molecule has 0 aliphatic heterocycles. The molecule has 0 aromatic heterocycles. The summed E-state index contributed by atoms with van der Waals surface area (Å²) in [5, 5.41) is 2.92. The van der Waals surface area contributed by atoms with Crippen LogP contribution in [0.15, 0.2) is 91.0 Å². The minimum atomic E-state index is -0.449. The van der Waals surface area contributed by atoms with Crippen LogP contribution in [0.1, 0.15) is 41.9 Å². The van der Waals surface area contributed by atoms with Gasteiger partial charge in [-0.05, 0) is 29.5 Å². The molecule has 3 amide bonds. The number of benzene rings is 3. The number of nitrogens with one attached hydrogen (secondary N) is 1. The topological polar surface area (TPSA) is 75.4 Å². The fourth-order valence-electron chi connectivity index (χ4n) is 3.83. The van der Waals surface area contributed by atoms with Crippen LogP contribution < -0.4 is 11.1 Å². The Hall–Kier alpha value is -3.60. The second-order valence-corrected chi connectivity index (χ2v) is 7.85. The number of nitrogens with zero attached hydrogens (tertiary/aromatic N) is 1. The maximum atomic E-state index is 12.2. The molecule has 5 nitrogen and oxygen atoms in total. The third-order valence-corrected chi connectivity index (χ3v) is 5.57. The standard InChI is InChI=1S/C27H31N3O2/c28-27(32)30(19-10-17-26(31)29-21-22-11-4-1-5-12-22)20-18-25(23-13-6-2-7-14-23)24-15-8-3-9-16-24/h1-9,11-16,25H,10,17-21H2,(H2,28,32)(H,29,31). The molecule has 5 heteroatoms. The molecule has 3 N–H and O–H groups in total. The highest BCUT2D eigenvalue weighted by molar-refractivity contribution is 5.76. The van der Waals surface area contributed by atoms with Crippen LogP contribution in [0.4, 0.5) is 4.79 Å². The zero-order chi connectivity index (χ0) is 22.6. The fourth-order valence-corrected chi connectivity index (χ4v) is 3.83. The van der Waals surface area contributed by atoms with Crippen molar-refractivity contribution in [3.8, 4) is 0 Å². The lowest BCUT2D eigenvalue weighted by atomic mass is 9.88. The maximum Gasteiger partial charge on any atom is 0.314 e. The van der Waals surface area contributed by atoms with E-state index in [0.29, 0.717) is 32.5 Å². The first-order chi connectivity index (χ1) is 15.6. The minimum Gasteiger partial charge on any atom is -0.352 e. The number of amides is 3. The summed E-state index contributed by atoms with van der Waals surface area (Å²) in [5.74, 6) is 0.151. The molecule has 0 spiro atoms. The van der Waals surface area contributed by atoms with E-state index in [1.54, 1.807) is 4.90 Å². The predicted molar refractivity (Wildman–Crippen MR) is 128 cm³/mol. The smallest absolute Gasteiger partial charge is 0.314 e. The van der Waals surface area contributed by atoms with Crippen molar-refractivity contribution >= 4 is 11.9 Å². The van der Waals surface area contributed by atoms with Gasteiger partial charge >= 0.3 is 6.03 Å². The average molecular weight is 430 g/mol. The molecule has 3 aromatic rings. The highest BCUT2D eigenvalue weighted by Crippen LogP contribution is 2.28. The van der Waals surface area contributed by atoms with E-state index in [4.69, 9.17) is 5.73 Å². The zero-order valence-corrected chi connectivity index (χ0v) is 18.3. The van der Waals surface area contributed by atoms with Gasteiger partial charge < -0.3 is 16.0 Å². The van der Waals surface area contributed by atoms with E-state index >= 15 is 0 Å². The molecule has 0 aliphatic rings. The average Bonchev–Trinajstić information content (AvgIpc) is 2.83. The van der Waals surface area contributed by atoms with Crippen LogP contribution in [0, 0.1) is 0 Å². The summed E-state index contributed by atoms with van der Waals surface area (Å²) in [5.41, 5.74) is 9.12. The summed E-state index contributed by atoms with van der Waals surface area (Å²) in [6.07, 6.45) is 1.69. The van der Waals surface area contributed by atoms with E-state index < -0.39 is 6.03 Å². The maximum absolute atomic E-state index is 12.2. The lowest BCUT2D eigenvalue weighted by Gasteiger charge is -2.24. The van der Waals surface area contributed by atoms with Crippen molar-refractivity contribution < 1.29 is 9.59 Å². The van der Waals surface area contributed by atoms with Crippen LogP contribution in [-0.4, -0.2) is 29.9 Å². The zero-order valence-electron chi connectivity index (χ0n) is 18.3. The second kappa shape index (κ2) is 12.3. The van der Waals surface area contributed by atoms with Crippen LogP contribution >= 0.6 is 0 Å². The first-order valence-corrected chi connectivity index (χ1v) is 11.1. The number of carbonyl (C=O) groups excluding carboxylic acids is 2. The molecule has 0 radical (unpaired) electrons. The largest absolute Gasteiger partial charge is 0.352 e. The van der Waals surface area contributed by atoms with Gasteiger partial charge in [0, 0.05) is 32.0 Å². The monoisotopic (exact) mass is 429 g/mol. The number of urea groups is 1. The Balaban J connectivity index is 1.51. The van der Waals surface area contributed by atoms with Gasteiger partial charge in [0.25, 0.3) is 0 Å². The highest BCUT2D eigenvalue weighted by Gasteiger charge is 2.17. The van der Waals surface area contributed by atoms with E-state index in [0.717, 1.165) is 12.0 Å². The molecular weight excluding hydrogens is 398 g/mol. The Kier molecular flexibility index (Phi) is 8.87. The summed E-state index contributed by atoms with van der Waals surface area (Å²) in [7, 11) is 0. The number of nitrogens with two attached hydrogens (primary N) is 1. The van der Waals surface area contributed by atoms with E-state index in [1.165, 1.54) is 11.1 Å². The van der Waals surface area contributed by atoms with Gasteiger partial charge in [-0.15, -0.1) is 0 Å². The van der Waals surface area contributed by atoms with Crippen LogP contribution in [0.5, 0.6) is 0 Å². The fraction of sp³-hybridized carbons (Fsp3) is 0.259. The predicted octanol–water partition coefficient (Wildman–Crippen LogP) is 4.69. The minimum absolute atomic E-state index is 0.0234. The van der Waals surface area contributed by atoms with Crippen molar-refractivity contribution in [2.24, 2.45) is 5.73 Å². The second-order valence-electron chi connectivity index (χ2n) is 7.85. The summed E-state index contributed by atoms with van der Waals surface area (Å²) in [6.45, 7) is 1.51. The molecule has 3 aromatic carbocycles. The third kappa shape index (κ3) is 7.27. The lowest BCUT2D eigenvalue weighted by molar-refractivity contribution is -0.121. The molecular formula is C27H31N3O2. The normalized spacial score (nSPS) is 10.7. The molecule has 0 unspecified atom stereocenters. The van der Waals surface area contributed by atoms with Crippen molar-refractivity contribution in [1.82, 2.24) is 10.2 Å². The van der Waals surface area contributed by atoms with E-state index in [1.807, 2.05) is 66.7 Å². The summed E-state index contributed by atoms with van der Waals surface area (Å²) in [6, 6.07) is 29.9. The van der Waals surface area contributed by atoms with Gasteiger partial charge in [-0.1, -0.05) is 91.0 Å². The van der Waals surface area contributed by atoms with Gasteiger partial charge in [-0.25, -0.2) is 4.79 Å². The van der Waals surface area contributed by atoms with Gasteiger partial charge in [0.15, 0.2) is 0 Å². The van der Waals surface area contributed by atoms with Crippen LogP contribution in [0.25, 0.3) is 0 Å². The molecule has 32 heavy (non-hydrogen) atoms. The van der Waals surface area contributed by atoms with E-state index in [-0.39, 0.29) is 11.8 Å². The Bertz CT molecular complexity index is 922. The van der Waals surface area contributed by atoms with Gasteiger partial charge in [0.05, 0.1) is 0 Å². The number of hydrogen-bond acceptors (Lipinski definition) is 2. The molecule has 166 valence electrons. The molecule has 0 saturated heterocycles. The number of hydrogen-bond donors (Lipinski definition) is 2. The van der Waals surface area contributed by atoms with Crippen molar-refractivity contribution in [2.75, 3.05) is 13.1 Å². The van der Waals surface area contributed by atoms with Gasteiger partial charge in [0.1, 0.15) is 0 Å². The lowest BCUT2D eigenvalue weighted by Crippen LogP contribution is -2.38. The summed E-state index contributed by atoms with van der Waals surface area (Å²) in [4.78, 5) is 25.8. The van der Waals surface area contributed by atoms with Gasteiger partial charge in [-0.2, -0.15) is 0 Å². The third-order valence-electron chi connectivity index (χ3n) is 5.57. The van der Waals surface area contributed by atoms with Gasteiger partial charge in [0.2, 0.25) is 5.91 Å². The highest BCUT2D eigenvalue weighted by atomic mass is 16.2. The first-order valence-electron chi connectivity index (χ1n) is 11.1. The first kappa shape index (κ1) is 23.1. The quantitative estimate of drug-likeness (QED) is 0.464.